The highest BCUT2D eigenvalue weighted by molar-refractivity contribution is 7.90. The summed E-state index contributed by atoms with van der Waals surface area (Å²) in [6.45, 7) is 4.05. The molecule has 0 unspecified atom stereocenters. The van der Waals surface area contributed by atoms with Crippen LogP contribution in [0.1, 0.15) is 48.5 Å². The molecule has 2 aromatic carbocycles. The van der Waals surface area contributed by atoms with E-state index in [9.17, 15) is 18.0 Å². The minimum atomic E-state index is -3.92. The van der Waals surface area contributed by atoms with Crippen molar-refractivity contribution in [3.63, 3.8) is 0 Å². The van der Waals surface area contributed by atoms with E-state index in [1.807, 2.05) is 24.0 Å². The SMILES string of the molecule is Cc1cccc(NC(=O)[C@@H](C)OC(=O)c2ccc3c(c2)S(=O)(=O)N=C2CCCCCN23)c1. The summed E-state index contributed by atoms with van der Waals surface area (Å²) in [5.74, 6) is -0.708. The van der Waals surface area contributed by atoms with Crippen molar-refractivity contribution < 1.29 is 22.7 Å². The molecular formula is C23H25N3O5S. The molecule has 1 N–H and O–H groups in total. The molecule has 2 aliphatic heterocycles. The largest absolute Gasteiger partial charge is 0.449 e. The van der Waals surface area contributed by atoms with Crippen LogP contribution in [-0.2, 0) is 19.6 Å². The predicted molar refractivity (Wildman–Crippen MR) is 122 cm³/mol. The van der Waals surface area contributed by atoms with E-state index >= 15 is 0 Å². The molecular weight excluding hydrogens is 430 g/mol. The van der Waals surface area contributed by atoms with Crippen molar-refractivity contribution in [3.8, 4) is 0 Å². The average molecular weight is 456 g/mol. The summed E-state index contributed by atoms with van der Waals surface area (Å²) in [5, 5.41) is 2.70. The van der Waals surface area contributed by atoms with E-state index in [1.165, 1.54) is 19.1 Å². The van der Waals surface area contributed by atoms with Crippen LogP contribution in [0.3, 0.4) is 0 Å². The number of nitrogens with zero attached hydrogens (tertiary/aromatic N) is 2. The molecule has 1 atom stereocenters. The van der Waals surface area contributed by atoms with Gasteiger partial charge in [-0.15, -0.1) is 4.40 Å². The van der Waals surface area contributed by atoms with Crippen LogP contribution in [0.15, 0.2) is 51.8 Å². The Bertz CT molecular complexity index is 1210. The highest BCUT2D eigenvalue weighted by Crippen LogP contribution is 2.35. The number of esters is 1. The molecule has 2 heterocycles. The number of amidine groups is 1. The molecule has 1 fully saturated rings. The molecule has 9 heteroatoms. The molecule has 1 saturated heterocycles. The van der Waals surface area contributed by atoms with Gasteiger partial charge in [0.25, 0.3) is 15.9 Å². The van der Waals surface area contributed by atoms with Gasteiger partial charge in [-0.1, -0.05) is 18.6 Å². The number of sulfonamides is 1. The Balaban J connectivity index is 1.52. The number of anilines is 2. The van der Waals surface area contributed by atoms with Gasteiger partial charge >= 0.3 is 5.97 Å². The molecule has 0 spiro atoms. The van der Waals surface area contributed by atoms with Crippen LogP contribution in [0.5, 0.6) is 0 Å². The third kappa shape index (κ3) is 4.52. The van der Waals surface area contributed by atoms with E-state index in [2.05, 4.69) is 9.71 Å². The van der Waals surface area contributed by atoms with Crippen LogP contribution in [0.25, 0.3) is 0 Å². The highest BCUT2D eigenvalue weighted by Gasteiger charge is 2.32. The summed E-state index contributed by atoms with van der Waals surface area (Å²) in [7, 11) is -3.92. The van der Waals surface area contributed by atoms with Crippen molar-refractivity contribution in [2.45, 2.75) is 50.5 Å². The molecule has 8 nitrogen and oxygen atoms in total. The number of benzene rings is 2. The molecule has 32 heavy (non-hydrogen) atoms. The van der Waals surface area contributed by atoms with Crippen LogP contribution in [0.2, 0.25) is 0 Å². The number of hydrogen-bond donors (Lipinski definition) is 1. The second kappa shape index (κ2) is 8.74. The molecule has 0 aromatic heterocycles. The molecule has 0 radical (unpaired) electrons. The van der Waals surface area contributed by atoms with Crippen molar-refractivity contribution in [1.82, 2.24) is 0 Å². The number of amides is 1. The first-order valence-electron chi connectivity index (χ1n) is 10.6. The summed E-state index contributed by atoms with van der Waals surface area (Å²) in [5.41, 5.74) is 2.16. The first-order valence-corrected chi connectivity index (χ1v) is 12.0. The lowest BCUT2D eigenvalue weighted by atomic mass is 10.1. The number of hydrogen-bond acceptors (Lipinski definition) is 6. The van der Waals surface area contributed by atoms with Gasteiger partial charge in [0.05, 0.1) is 11.3 Å². The zero-order valence-electron chi connectivity index (χ0n) is 18.0. The van der Waals surface area contributed by atoms with Crippen molar-refractivity contribution >= 4 is 39.1 Å². The third-order valence-electron chi connectivity index (χ3n) is 5.52. The van der Waals surface area contributed by atoms with Gasteiger partial charge in [-0.2, -0.15) is 8.42 Å². The van der Waals surface area contributed by atoms with Crippen molar-refractivity contribution in [1.29, 1.82) is 0 Å². The number of aryl methyl sites for hydroxylation is 1. The number of carbonyl (C=O) groups excluding carboxylic acids is 2. The van der Waals surface area contributed by atoms with Gasteiger partial charge in [-0.25, -0.2) is 4.79 Å². The van der Waals surface area contributed by atoms with Gasteiger partial charge in [-0.3, -0.25) is 4.79 Å². The average Bonchev–Trinajstić information content (AvgIpc) is 2.98. The number of fused-ring (bicyclic) bond motifs is 3. The van der Waals surface area contributed by atoms with Gasteiger partial charge in [-0.05, 0) is 62.6 Å². The molecule has 0 bridgehead atoms. The van der Waals surface area contributed by atoms with Crippen LogP contribution in [-0.4, -0.2) is 38.8 Å². The van der Waals surface area contributed by atoms with Crippen LogP contribution >= 0.6 is 0 Å². The molecule has 0 aliphatic carbocycles. The third-order valence-corrected chi connectivity index (χ3v) is 6.86. The molecule has 0 saturated carbocycles. The smallest absolute Gasteiger partial charge is 0.338 e. The first-order chi connectivity index (χ1) is 15.2. The Kier molecular flexibility index (Phi) is 6.01. The van der Waals surface area contributed by atoms with E-state index in [4.69, 9.17) is 4.74 Å². The van der Waals surface area contributed by atoms with Gasteiger partial charge in [0, 0.05) is 18.7 Å². The van der Waals surface area contributed by atoms with Gasteiger partial charge in [0.2, 0.25) is 0 Å². The minimum Gasteiger partial charge on any atom is -0.449 e. The number of nitrogens with one attached hydrogen (secondary N) is 1. The van der Waals surface area contributed by atoms with Crippen molar-refractivity contribution in [2.75, 3.05) is 16.8 Å². The molecule has 168 valence electrons. The maximum atomic E-state index is 12.7. The Labute approximate surface area is 187 Å². The maximum absolute atomic E-state index is 12.7. The highest BCUT2D eigenvalue weighted by atomic mass is 32.2. The fourth-order valence-corrected chi connectivity index (χ4v) is 5.14. The lowest BCUT2D eigenvalue weighted by Crippen LogP contribution is -2.35. The normalized spacial score (nSPS) is 17.8. The molecule has 1 amide bonds. The zero-order chi connectivity index (χ0) is 22.9. The molecule has 2 aliphatic rings. The van der Waals surface area contributed by atoms with E-state index in [1.54, 1.807) is 18.2 Å². The summed E-state index contributed by atoms with van der Waals surface area (Å²) in [6.07, 6.45) is 2.39. The van der Waals surface area contributed by atoms with Crippen LogP contribution < -0.4 is 10.2 Å². The number of ether oxygens (including phenoxy) is 1. The fourth-order valence-electron chi connectivity index (χ4n) is 3.86. The van der Waals surface area contributed by atoms with Gasteiger partial charge < -0.3 is 15.0 Å². The fraction of sp³-hybridized carbons (Fsp3) is 0.348. The zero-order valence-corrected chi connectivity index (χ0v) is 18.8. The van der Waals surface area contributed by atoms with E-state index in [0.29, 0.717) is 30.2 Å². The monoisotopic (exact) mass is 455 g/mol. The van der Waals surface area contributed by atoms with Crippen LogP contribution in [0.4, 0.5) is 11.4 Å². The summed E-state index contributed by atoms with van der Waals surface area (Å²) in [6, 6.07) is 11.7. The van der Waals surface area contributed by atoms with Gasteiger partial charge in [0.1, 0.15) is 10.7 Å². The second-order valence-corrected chi connectivity index (χ2v) is 9.61. The Morgan fingerprint density at radius 3 is 2.72 bits per heavy atom. The summed E-state index contributed by atoms with van der Waals surface area (Å²) >= 11 is 0. The first kappa shape index (κ1) is 22.0. The van der Waals surface area contributed by atoms with E-state index in [-0.39, 0.29) is 10.5 Å². The summed E-state index contributed by atoms with van der Waals surface area (Å²) < 4.78 is 34.8. The van der Waals surface area contributed by atoms with Crippen LogP contribution in [0, 0.1) is 6.92 Å². The quantitative estimate of drug-likeness (QED) is 0.706. The van der Waals surface area contributed by atoms with E-state index < -0.39 is 28.0 Å². The van der Waals surface area contributed by atoms with E-state index in [0.717, 1.165) is 24.8 Å². The number of carbonyl (C=O) groups is 2. The maximum Gasteiger partial charge on any atom is 0.338 e. The lowest BCUT2D eigenvalue weighted by molar-refractivity contribution is -0.123. The van der Waals surface area contributed by atoms with Gasteiger partial charge in [0.15, 0.2) is 6.10 Å². The Morgan fingerprint density at radius 1 is 1.12 bits per heavy atom. The topological polar surface area (TPSA) is 105 Å². The van der Waals surface area contributed by atoms with Crippen molar-refractivity contribution in [3.05, 3.63) is 53.6 Å². The standard InChI is InChI=1S/C23H25N3O5S/c1-15-7-6-8-18(13-15)24-22(27)16(2)31-23(28)17-10-11-19-20(14-17)32(29,30)25-21-9-4-3-5-12-26(19)21/h6-8,10-11,13-14,16H,3-5,9,12H2,1-2H3,(H,24,27)/t16-/m1/s1. The summed E-state index contributed by atoms with van der Waals surface area (Å²) in [4.78, 5) is 27.0. The molecule has 2 aromatic rings. The minimum absolute atomic E-state index is 0.0190. The predicted octanol–water partition coefficient (Wildman–Crippen LogP) is 3.66. The second-order valence-electron chi connectivity index (χ2n) is 8.03. The number of rotatable bonds is 4. The Hall–Kier alpha value is -3.20. The molecule has 4 rings (SSSR count). The Morgan fingerprint density at radius 2 is 1.94 bits per heavy atom. The van der Waals surface area contributed by atoms with Crippen molar-refractivity contribution in [2.24, 2.45) is 4.40 Å². The lowest BCUT2D eigenvalue weighted by Gasteiger charge is -2.29.